The summed E-state index contributed by atoms with van der Waals surface area (Å²) in [6.07, 6.45) is 2.87. The third-order valence-electron chi connectivity index (χ3n) is 1.05. The standard InChI is InChI=1S/C7H9N3O/c1-3-6-7(10-5(2)8)11-4-9-6/h3-4H,1H2,2H3,(H2,8,10). The Morgan fingerprint density at radius 2 is 2.64 bits per heavy atom. The van der Waals surface area contributed by atoms with Crippen molar-refractivity contribution in [3.8, 4) is 0 Å². The van der Waals surface area contributed by atoms with Gasteiger partial charge in [-0.3, -0.25) is 0 Å². The maximum Gasteiger partial charge on any atom is 0.248 e. The molecule has 0 amide bonds. The molecule has 0 aliphatic heterocycles. The van der Waals surface area contributed by atoms with E-state index < -0.39 is 0 Å². The van der Waals surface area contributed by atoms with Gasteiger partial charge in [-0.1, -0.05) is 6.58 Å². The zero-order valence-electron chi connectivity index (χ0n) is 6.24. The van der Waals surface area contributed by atoms with Crippen LogP contribution in [0.3, 0.4) is 0 Å². The van der Waals surface area contributed by atoms with E-state index in [0.717, 1.165) is 0 Å². The molecule has 4 heteroatoms. The van der Waals surface area contributed by atoms with Crippen LogP contribution in [0.25, 0.3) is 6.08 Å². The molecule has 0 aliphatic rings. The Kier molecular flexibility index (Phi) is 2.06. The molecular weight excluding hydrogens is 142 g/mol. The minimum Gasteiger partial charge on any atom is -0.425 e. The Labute approximate surface area is 64.5 Å². The lowest BCUT2D eigenvalue weighted by Gasteiger charge is -1.88. The van der Waals surface area contributed by atoms with Crippen LogP contribution in [0.5, 0.6) is 0 Å². The van der Waals surface area contributed by atoms with Crippen LogP contribution in [0.4, 0.5) is 5.88 Å². The van der Waals surface area contributed by atoms with Crippen molar-refractivity contribution >= 4 is 17.8 Å². The second-order valence-electron chi connectivity index (χ2n) is 2.00. The van der Waals surface area contributed by atoms with Crippen LogP contribution < -0.4 is 5.73 Å². The summed E-state index contributed by atoms with van der Waals surface area (Å²) in [4.78, 5) is 7.72. The molecule has 0 saturated carbocycles. The first kappa shape index (κ1) is 7.53. The Morgan fingerprint density at radius 3 is 3.18 bits per heavy atom. The third kappa shape index (κ3) is 1.67. The van der Waals surface area contributed by atoms with Gasteiger partial charge in [0.25, 0.3) is 0 Å². The Hall–Kier alpha value is -1.58. The lowest BCUT2D eigenvalue weighted by molar-refractivity contribution is 0.567. The fourth-order valence-corrected chi connectivity index (χ4v) is 0.632. The maximum atomic E-state index is 5.34. The number of aromatic nitrogens is 1. The topological polar surface area (TPSA) is 64.4 Å². The molecule has 1 aromatic heterocycles. The second kappa shape index (κ2) is 3.01. The largest absolute Gasteiger partial charge is 0.425 e. The van der Waals surface area contributed by atoms with E-state index in [4.69, 9.17) is 10.2 Å². The van der Waals surface area contributed by atoms with E-state index in [9.17, 15) is 0 Å². The first-order valence-electron chi connectivity index (χ1n) is 3.10. The van der Waals surface area contributed by atoms with Crippen molar-refractivity contribution in [1.82, 2.24) is 4.98 Å². The predicted octanol–water partition coefficient (Wildman–Crippen LogP) is 1.33. The zero-order valence-corrected chi connectivity index (χ0v) is 6.24. The van der Waals surface area contributed by atoms with Gasteiger partial charge < -0.3 is 10.2 Å². The number of hydrogen-bond donors (Lipinski definition) is 1. The molecule has 1 heterocycles. The van der Waals surface area contributed by atoms with E-state index >= 15 is 0 Å². The molecule has 1 aromatic rings. The maximum absolute atomic E-state index is 5.34. The van der Waals surface area contributed by atoms with E-state index in [1.807, 2.05) is 0 Å². The summed E-state index contributed by atoms with van der Waals surface area (Å²) in [7, 11) is 0. The second-order valence-corrected chi connectivity index (χ2v) is 2.00. The molecule has 58 valence electrons. The lowest BCUT2D eigenvalue weighted by Crippen LogP contribution is -2.03. The van der Waals surface area contributed by atoms with Crippen molar-refractivity contribution in [3.05, 3.63) is 18.7 Å². The van der Waals surface area contributed by atoms with Crippen LogP contribution in [0.1, 0.15) is 12.6 Å². The fourth-order valence-electron chi connectivity index (χ4n) is 0.632. The Bertz CT molecular complexity index is 284. The lowest BCUT2D eigenvalue weighted by atomic mass is 10.4. The third-order valence-corrected chi connectivity index (χ3v) is 1.05. The van der Waals surface area contributed by atoms with Gasteiger partial charge in [0.2, 0.25) is 5.88 Å². The van der Waals surface area contributed by atoms with Crippen LogP contribution in [0, 0.1) is 0 Å². The average molecular weight is 151 g/mol. The van der Waals surface area contributed by atoms with E-state index in [-0.39, 0.29) is 0 Å². The van der Waals surface area contributed by atoms with Gasteiger partial charge in [0, 0.05) is 0 Å². The number of aliphatic imine (C=N–C) groups is 1. The first-order chi connectivity index (χ1) is 5.24. The summed E-state index contributed by atoms with van der Waals surface area (Å²) in [5, 5.41) is 0. The number of nitrogens with two attached hydrogens (primary N) is 1. The molecule has 0 radical (unpaired) electrons. The first-order valence-corrected chi connectivity index (χ1v) is 3.10. The summed E-state index contributed by atoms with van der Waals surface area (Å²) in [6, 6.07) is 0. The summed E-state index contributed by atoms with van der Waals surface area (Å²) in [5.41, 5.74) is 5.94. The fraction of sp³-hybridized carbons (Fsp3) is 0.143. The van der Waals surface area contributed by atoms with Crippen molar-refractivity contribution in [2.45, 2.75) is 6.92 Å². The predicted molar refractivity (Wildman–Crippen MR) is 43.6 cm³/mol. The van der Waals surface area contributed by atoms with Crippen molar-refractivity contribution in [1.29, 1.82) is 0 Å². The van der Waals surface area contributed by atoms with E-state index in [1.165, 1.54) is 6.39 Å². The molecule has 0 unspecified atom stereocenters. The van der Waals surface area contributed by atoms with Gasteiger partial charge in [-0.2, -0.15) is 4.99 Å². The molecule has 2 N–H and O–H groups in total. The SMILES string of the molecule is C=Cc1ncoc1/N=C(\C)N. The van der Waals surface area contributed by atoms with Crippen molar-refractivity contribution < 1.29 is 4.42 Å². The number of rotatable bonds is 2. The van der Waals surface area contributed by atoms with Crippen LogP contribution in [-0.2, 0) is 0 Å². The highest BCUT2D eigenvalue weighted by molar-refractivity contribution is 5.80. The highest BCUT2D eigenvalue weighted by atomic mass is 16.4. The quantitative estimate of drug-likeness (QED) is 0.512. The molecule has 0 spiro atoms. The summed E-state index contributed by atoms with van der Waals surface area (Å²) in [6.45, 7) is 5.21. The molecule has 1 rings (SSSR count). The van der Waals surface area contributed by atoms with Crippen LogP contribution in [0.15, 0.2) is 22.4 Å². The monoisotopic (exact) mass is 151 g/mol. The van der Waals surface area contributed by atoms with E-state index in [2.05, 4.69) is 16.6 Å². The summed E-state index contributed by atoms with van der Waals surface area (Å²) < 4.78 is 4.92. The number of hydrogen-bond acceptors (Lipinski definition) is 3. The molecule has 0 fully saturated rings. The summed E-state index contributed by atoms with van der Waals surface area (Å²) >= 11 is 0. The van der Waals surface area contributed by atoms with Gasteiger partial charge in [0.15, 0.2) is 6.39 Å². The van der Waals surface area contributed by atoms with Gasteiger partial charge in [-0.05, 0) is 13.0 Å². The minimum atomic E-state index is 0.403. The van der Waals surface area contributed by atoms with Gasteiger partial charge >= 0.3 is 0 Å². The average Bonchev–Trinajstić information content (AvgIpc) is 2.34. The molecular formula is C7H9N3O. The molecule has 0 aromatic carbocycles. The van der Waals surface area contributed by atoms with Gasteiger partial charge in [0.05, 0.1) is 5.84 Å². The minimum absolute atomic E-state index is 0.403. The number of amidine groups is 1. The van der Waals surface area contributed by atoms with Gasteiger partial charge in [-0.15, -0.1) is 0 Å². The van der Waals surface area contributed by atoms with Crippen molar-refractivity contribution in [2.75, 3.05) is 0 Å². The van der Waals surface area contributed by atoms with Crippen LogP contribution >= 0.6 is 0 Å². The highest BCUT2D eigenvalue weighted by Crippen LogP contribution is 2.17. The smallest absolute Gasteiger partial charge is 0.248 e. The molecule has 0 bridgehead atoms. The zero-order chi connectivity index (χ0) is 8.27. The summed E-state index contributed by atoms with van der Waals surface area (Å²) in [5.74, 6) is 0.838. The number of nitrogens with zero attached hydrogens (tertiary/aromatic N) is 2. The molecule has 0 saturated heterocycles. The normalized spacial score (nSPS) is 11.5. The molecule has 0 aliphatic carbocycles. The Morgan fingerprint density at radius 1 is 1.91 bits per heavy atom. The van der Waals surface area contributed by atoms with Crippen LogP contribution in [0.2, 0.25) is 0 Å². The highest BCUT2D eigenvalue weighted by Gasteiger charge is 2.01. The van der Waals surface area contributed by atoms with Gasteiger partial charge in [0.1, 0.15) is 5.69 Å². The molecule has 4 nitrogen and oxygen atoms in total. The van der Waals surface area contributed by atoms with E-state index in [0.29, 0.717) is 17.4 Å². The van der Waals surface area contributed by atoms with Crippen LogP contribution in [-0.4, -0.2) is 10.8 Å². The van der Waals surface area contributed by atoms with Gasteiger partial charge in [-0.25, -0.2) is 4.98 Å². The van der Waals surface area contributed by atoms with E-state index in [1.54, 1.807) is 13.0 Å². The van der Waals surface area contributed by atoms with Crippen molar-refractivity contribution in [3.63, 3.8) is 0 Å². The molecule has 0 atom stereocenters. The molecule has 11 heavy (non-hydrogen) atoms. The Balaban J connectivity index is 3.03. The van der Waals surface area contributed by atoms with Crippen molar-refractivity contribution in [2.24, 2.45) is 10.7 Å². The number of oxazole rings is 1.